The maximum Gasteiger partial charge on any atom is 0.268 e. The predicted molar refractivity (Wildman–Crippen MR) is 77.0 cm³/mol. The first-order chi connectivity index (χ1) is 10.2. The minimum Gasteiger partial charge on any atom is -0.378 e. The topological polar surface area (TPSA) is 85.5 Å². The standard InChI is InChI=1S/C15H15N3O3/c16-14(19)13-11(15(20)18-5-7-21-8-6-18)9-10-3-1-2-4-12(10)17-13/h1-4,9H,5-8H2,(H2,16,19). The Bertz CT molecular complexity index is 708. The Morgan fingerprint density at radius 3 is 2.62 bits per heavy atom. The molecule has 1 aliphatic heterocycles. The van der Waals surface area contributed by atoms with E-state index in [-0.39, 0.29) is 17.2 Å². The molecule has 0 atom stereocenters. The van der Waals surface area contributed by atoms with Gasteiger partial charge in [0, 0.05) is 18.5 Å². The molecule has 1 aliphatic rings. The van der Waals surface area contributed by atoms with Crippen LogP contribution >= 0.6 is 0 Å². The quantitative estimate of drug-likeness (QED) is 0.884. The van der Waals surface area contributed by atoms with E-state index in [1.807, 2.05) is 18.2 Å². The third-order valence-electron chi connectivity index (χ3n) is 3.49. The van der Waals surface area contributed by atoms with Gasteiger partial charge in [0.05, 0.1) is 24.3 Å². The summed E-state index contributed by atoms with van der Waals surface area (Å²) in [5.74, 6) is -0.928. The second-order valence-corrected chi connectivity index (χ2v) is 4.85. The molecule has 1 aromatic heterocycles. The van der Waals surface area contributed by atoms with Gasteiger partial charge in [-0.15, -0.1) is 0 Å². The summed E-state index contributed by atoms with van der Waals surface area (Å²) in [6, 6.07) is 8.99. The van der Waals surface area contributed by atoms with Gasteiger partial charge >= 0.3 is 0 Å². The highest BCUT2D eigenvalue weighted by molar-refractivity contribution is 6.07. The SMILES string of the molecule is NC(=O)c1nc2ccccc2cc1C(=O)N1CCOCC1. The number of amides is 2. The molecule has 2 amide bonds. The highest BCUT2D eigenvalue weighted by atomic mass is 16.5. The number of nitrogens with two attached hydrogens (primary N) is 1. The summed E-state index contributed by atoms with van der Waals surface area (Å²) in [6.07, 6.45) is 0. The van der Waals surface area contributed by atoms with E-state index in [1.54, 1.807) is 17.0 Å². The first-order valence-electron chi connectivity index (χ1n) is 6.73. The molecule has 2 heterocycles. The zero-order valence-electron chi connectivity index (χ0n) is 11.4. The van der Waals surface area contributed by atoms with E-state index >= 15 is 0 Å². The van der Waals surface area contributed by atoms with Crippen LogP contribution in [0.25, 0.3) is 10.9 Å². The van der Waals surface area contributed by atoms with Crippen molar-refractivity contribution in [1.29, 1.82) is 0 Å². The van der Waals surface area contributed by atoms with Crippen molar-refractivity contribution >= 4 is 22.7 Å². The number of carbonyl (C=O) groups excluding carboxylic acids is 2. The lowest BCUT2D eigenvalue weighted by atomic mass is 10.1. The second-order valence-electron chi connectivity index (χ2n) is 4.85. The van der Waals surface area contributed by atoms with Gasteiger partial charge < -0.3 is 15.4 Å². The summed E-state index contributed by atoms with van der Waals surface area (Å²) in [5.41, 5.74) is 6.29. The Labute approximate surface area is 121 Å². The van der Waals surface area contributed by atoms with Crippen molar-refractivity contribution in [2.45, 2.75) is 0 Å². The van der Waals surface area contributed by atoms with Gasteiger partial charge in [-0.25, -0.2) is 4.98 Å². The summed E-state index contributed by atoms with van der Waals surface area (Å²) >= 11 is 0. The molecule has 0 saturated carbocycles. The number of pyridine rings is 1. The maximum absolute atomic E-state index is 12.6. The summed E-state index contributed by atoms with van der Waals surface area (Å²) in [5, 5.41) is 0.805. The van der Waals surface area contributed by atoms with Gasteiger partial charge in [0.2, 0.25) is 0 Å². The predicted octanol–water partition coefficient (Wildman–Crippen LogP) is 0.806. The molecule has 1 aromatic carbocycles. The van der Waals surface area contributed by atoms with Crippen molar-refractivity contribution in [3.8, 4) is 0 Å². The van der Waals surface area contributed by atoms with Crippen LogP contribution in [0.3, 0.4) is 0 Å². The summed E-state index contributed by atoms with van der Waals surface area (Å²) in [7, 11) is 0. The summed E-state index contributed by atoms with van der Waals surface area (Å²) in [6.45, 7) is 2.00. The Kier molecular flexibility index (Phi) is 3.53. The van der Waals surface area contributed by atoms with E-state index < -0.39 is 5.91 Å². The fourth-order valence-corrected chi connectivity index (χ4v) is 2.40. The number of hydrogen-bond donors (Lipinski definition) is 1. The van der Waals surface area contributed by atoms with Gasteiger partial charge in [0.1, 0.15) is 5.69 Å². The smallest absolute Gasteiger partial charge is 0.268 e. The molecule has 0 radical (unpaired) electrons. The number of rotatable bonds is 2. The third kappa shape index (κ3) is 2.57. The number of ether oxygens (including phenoxy) is 1. The van der Waals surface area contributed by atoms with Crippen molar-refractivity contribution in [2.24, 2.45) is 5.73 Å². The van der Waals surface area contributed by atoms with E-state index in [0.717, 1.165) is 5.39 Å². The van der Waals surface area contributed by atoms with E-state index in [0.29, 0.717) is 31.8 Å². The first kappa shape index (κ1) is 13.5. The molecule has 1 fully saturated rings. The van der Waals surface area contributed by atoms with Crippen molar-refractivity contribution < 1.29 is 14.3 Å². The van der Waals surface area contributed by atoms with Gasteiger partial charge in [-0.05, 0) is 12.1 Å². The van der Waals surface area contributed by atoms with Crippen LogP contribution < -0.4 is 5.73 Å². The number of para-hydroxylation sites is 1. The number of benzene rings is 1. The lowest BCUT2D eigenvalue weighted by molar-refractivity contribution is 0.0301. The lowest BCUT2D eigenvalue weighted by Gasteiger charge is -2.27. The van der Waals surface area contributed by atoms with E-state index in [2.05, 4.69) is 4.98 Å². The lowest BCUT2D eigenvalue weighted by Crippen LogP contribution is -2.41. The highest BCUT2D eigenvalue weighted by Crippen LogP contribution is 2.18. The fraction of sp³-hybridized carbons (Fsp3) is 0.267. The average molecular weight is 285 g/mol. The number of nitrogens with zero attached hydrogens (tertiary/aromatic N) is 2. The molecule has 3 rings (SSSR count). The monoisotopic (exact) mass is 285 g/mol. The number of carbonyl (C=O) groups is 2. The third-order valence-corrected chi connectivity index (χ3v) is 3.49. The maximum atomic E-state index is 12.6. The molecule has 2 aromatic rings. The molecule has 0 bridgehead atoms. The molecule has 2 N–H and O–H groups in total. The first-order valence-corrected chi connectivity index (χ1v) is 6.73. The Balaban J connectivity index is 2.08. The zero-order chi connectivity index (χ0) is 14.8. The summed E-state index contributed by atoms with van der Waals surface area (Å²) < 4.78 is 5.23. The van der Waals surface area contributed by atoms with Crippen LogP contribution in [0.4, 0.5) is 0 Å². The normalized spacial score (nSPS) is 15.1. The number of hydrogen-bond acceptors (Lipinski definition) is 4. The molecule has 108 valence electrons. The van der Waals surface area contributed by atoms with Gasteiger partial charge in [-0.3, -0.25) is 9.59 Å². The van der Waals surface area contributed by atoms with Crippen LogP contribution in [0.5, 0.6) is 0 Å². The molecule has 1 saturated heterocycles. The van der Waals surface area contributed by atoms with Crippen molar-refractivity contribution in [3.63, 3.8) is 0 Å². The summed E-state index contributed by atoms with van der Waals surface area (Å²) in [4.78, 5) is 30.1. The van der Waals surface area contributed by atoms with Crippen LogP contribution in [0.1, 0.15) is 20.8 Å². The fourth-order valence-electron chi connectivity index (χ4n) is 2.40. The molecule has 21 heavy (non-hydrogen) atoms. The molecular formula is C15H15N3O3. The highest BCUT2D eigenvalue weighted by Gasteiger charge is 2.24. The second kappa shape index (κ2) is 5.49. The number of fused-ring (bicyclic) bond motifs is 1. The van der Waals surface area contributed by atoms with Crippen LogP contribution in [0.15, 0.2) is 30.3 Å². The van der Waals surface area contributed by atoms with Crippen molar-refractivity contribution in [1.82, 2.24) is 9.88 Å². The van der Waals surface area contributed by atoms with Gasteiger partial charge in [-0.2, -0.15) is 0 Å². The Morgan fingerprint density at radius 2 is 1.90 bits per heavy atom. The van der Waals surface area contributed by atoms with Crippen LogP contribution in [0, 0.1) is 0 Å². The number of aromatic nitrogens is 1. The van der Waals surface area contributed by atoms with E-state index in [4.69, 9.17) is 10.5 Å². The minimum atomic E-state index is -0.697. The largest absolute Gasteiger partial charge is 0.378 e. The van der Waals surface area contributed by atoms with E-state index in [9.17, 15) is 9.59 Å². The minimum absolute atomic E-state index is 0.0187. The van der Waals surface area contributed by atoms with E-state index in [1.165, 1.54) is 0 Å². The van der Waals surface area contributed by atoms with Crippen LogP contribution in [-0.2, 0) is 4.74 Å². The Hall–Kier alpha value is -2.47. The van der Waals surface area contributed by atoms with Crippen LogP contribution in [-0.4, -0.2) is 48.0 Å². The zero-order valence-corrected chi connectivity index (χ0v) is 11.4. The van der Waals surface area contributed by atoms with Crippen LogP contribution in [0.2, 0.25) is 0 Å². The number of primary amides is 1. The van der Waals surface area contributed by atoms with Gasteiger partial charge in [-0.1, -0.05) is 18.2 Å². The molecule has 6 heteroatoms. The molecule has 0 spiro atoms. The Morgan fingerprint density at radius 1 is 1.19 bits per heavy atom. The van der Waals surface area contributed by atoms with Gasteiger partial charge in [0.25, 0.3) is 11.8 Å². The van der Waals surface area contributed by atoms with Crippen molar-refractivity contribution in [3.05, 3.63) is 41.6 Å². The number of morpholine rings is 1. The molecule has 0 unspecified atom stereocenters. The molecule has 0 aliphatic carbocycles. The van der Waals surface area contributed by atoms with Crippen molar-refractivity contribution in [2.75, 3.05) is 26.3 Å². The molecule has 6 nitrogen and oxygen atoms in total. The molecular weight excluding hydrogens is 270 g/mol. The van der Waals surface area contributed by atoms with Gasteiger partial charge in [0.15, 0.2) is 0 Å². The average Bonchev–Trinajstić information content (AvgIpc) is 2.53.